The summed E-state index contributed by atoms with van der Waals surface area (Å²) in [7, 11) is -3.63. The zero-order chi connectivity index (χ0) is 15.6. The quantitative estimate of drug-likeness (QED) is 0.767. The van der Waals surface area contributed by atoms with Crippen molar-refractivity contribution in [2.75, 3.05) is 12.3 Å². The molecule has 3 N–H and O–H groups in total. The number of nitrogens with two attached hydrogens (primary N) is 1. The van der Waals surface area contributed by atoms with Crippen molar-refractivity contribution in [3.05, 3.63) is 33.9 Å². The summed E-state index contributed by atoms with van der Waals surface area (Å²) in [5, 5.41) is 3.64. The van der Waals surface area contributed by atoms with Crippen LogP contribution in [0.5, 0.6) is 0 Å². The number of halogens is 1. The van der Waals surface area contributed by atoms with Crippen LogP contribution in [0.3, 0.4) is 0 Å². The van der Waals surface area contributed by atoms with Crippen molar-refractivity contribution >= 4 is 31.6 Å². The lowest BCUT2D eigenvalue weighted by Crippen LogP contribution is -2.26. The number of aromatic nitrogens is 2. The molecular formula is C12H15BrN4O3S. The molecule has 0 radical (unpaired) electrons. The fourth-order valence-electron chi connectivity index (χ4n) is 1.77. The number of anilines is 1. The van der Waals surface area contributed by atoms with Crippen LogP contribution < -0.4 is 10.5 Å². The Hall–Kier alpha value is -1.45. The molecule has 0 saturated carbocycles. The Kier molecular flexibility index (Phi) is 4.64. The summed E-state index contributed by atoms with van der Waals surface area (Å²) in [6.07, 6.45) is 0.325. The number of nitrogens with zero attached hydrogens (tertiary/aromatic N) is 2. The number of rotatable bonds is 5. The van der Waals surface area contributed by atoms with Gasteiger partial charge in [0.15, 0.2) is 5.82 Å². The molecule has 0 aliphatic rings. The monoisotopic (exact) mass is 374 g/mol. The Bertz CT molecular complexity index is 758. The van der Waals surface area contributed by atoms with Gasteiger partial charge in [0.25, 0.3) is 0 Å². The number of sulfonamides is 1. The third-order valence-corrected chi connectivity index (χ3v) is 5.07. The molecule has 0 amide bonds. The van der Waals surface area contributed by atoms with Gasteiger partial charge in [0.1, 0.15) is 0 Å². The van der Waals surface area contributed by atoms with Gasteiger partial charge in [0, 0.05) is 23.1 Å². The minimum Gasteiger partial charge on any atom is -0.398 e. The molecule has 0 bridgehead atoms. The zero-order valence-electron chi connectivity index (χ0n) is 11.6. The number of hydrogen-bond acceptors (Lipinski definition) is 6. The summed E-state index contributed by atoms with van der Waals surface area (Å²) in [5.41, 5.74) is 6.71. The maximum Gasteiger partial charge on any atom is 0.240 e. The van der Waals surface area contributed by atoms with Crippen LogP contribution in [0.2, 0.25) is 0 Å². The molecule has 21 heavy (non-hydrogen) atoms. The van der Waals surface area contributed by atoms with Crippen molar-refractivity contribution < 1.29 is 12.9 Å². The van der Waals surface area contributed by atoms with Gasteiger partial charge < -0.3 is 10.3 Å². The summed E-state index contributed by atoms with van der Waals surface area (Å²) in [5.74, 6) is 0.909. The minimum absolute atomic E-state index is 0.157. The number of hydrogen-bond donors (Lipinski definition) is 2. The third kappa shape index (κ3) is 3.80. The Morgan fingerprint density at radius 2 is 2.10 bits per heavy atom. The van der Waals surface area contributed by atoms with Crippen molar-refractivity contribution in [2.45, 2.75) is 25.2 Å². The molecule has 0 fully saturated rings. The fraction of sp³-hybridized carbons (Fsp3) is 0.333. The highest BCUT2D eigenvalue weighted by atomic mass is 79.9. The van der Waals surface area contributed by atoms with E-state index in [1.165, 1.54) is 6.07 Å². The van der Waals surface area contributed by atoms with Crippen LogP contribution in [0.1, 0.15) is 17.3 Å². The predicted octanol–water partition coefficient (Wildman–Crippen LogP) is 1.55. The molecule has 9 heteroatoms. The normalized spacial score (nSPS) is 11.8. The highest BCUT2D eigenvalue weighted by molar-refractivity contribution is 9.10. The van der Waals surface area contributed by atoms with E-state index in [-0.39, 0.29) is 11.4 Å². The van der Waals surface area contributed by atoms with E-state index >= 15 is 0 Å². The molecule has 7 nitrogen and oxygen atoms in total. The van der Waals surface area contributed by atoms with E-state index in [1.807, 2.05) is 0 Å². The first-order chi connectivity index (χ1) is 9.79. The van der Waals surface area contributed by atoms with E-state index < -0.39 is 10.0 Å². The molecule has 114 valence electrons. The molecule has 0 aliphatic heterocycles. The van der Waals surface area contributed by atoms with Gasteiger partial charge in [-0.05, 0) is 47.5 Å². The van der Waals surface area contributed by atoms with Crippen molar-refractivity contribution in [3.63, 3.8) is 0 Å². The predicted molar refractivity (Wildman–Crippen MR) is 81.2 cm³/mol. The molecule has 0 atom stereocenters. The SMILES string of the molecule is Cc1noc(CCNS(=O)(=O)c2cc(N)c(Br)cc2C)n1. The summed E-state index contributed by atoms with van der Waals surface area (Å²) in [6.45, 7) is 3.57. The van der Waals surface area contributed by atoms with Crippen LogP contribution in [0.25, 0.3) is 0 Å². The molecule has 1 heterocycles. The lowest BCUT2D eigenvalue weighted by molar-refractivity contribution is 0.375. The number of aryl methyl sites for hydroxylation is 2. The topological polar surface area (TPSA) is 111 Å². The minimum atomic E-state index is -3.63. The van der Waals surface area contributed by atoms with E-state index in [4.69, 9.17) is 10.3 Å². The van der Waals surface area contributed by atoms with Crippen molar-refractivity contribution in [3.8, 4) is 0 Å². The van der Waals surface area contributed by atoms with Crippen LogP contribution in [-0.2, 0) is 16.4 Å². The molecule has 1 aromatic heterocycles. The maximum absolute atomic E-state index is 12.3. The summed E-state index contributed by atoms with van der Waals surface area (Å²) in [4.78, 5) is 4.16. The lowest BCUT2D eigenvalue weighted by atomic mass is 10.2. The molecule has 0 unspecified atom stereocenters. The first-order valence-electron chi connectivity index (χ1n) is 6.14. The molecule has 0 saturated heterocycles. The second-order valence-electron chi connectivity index (χ2n) is 4.52. The van der Waals surface area contributed by atoms with Crippen molar-refractivity contribution in [2.24, 2.45) is 0 Å². The first-order valence-corrected chi connectivity index (χ1v) is 8.41. The Morgan fingerprint density at radius 1 is 1.38 bits per heavy atom. The van der Waals surface area contributed by atoms with Crippen molar-refractivity contribution in [1.82, 2.24) is 14.9 Å². The third-order valence-electron chi connectivity index (χ3n) is 2.78. The molecule has 2 rings (SSSR count). The molecule has 1 aromatic carbocycles. The van der Waals surface area contributed by atoms with E-state index in [1.54, 1.807) is 19.9 Å². The van der Waals surface area contributed by atoms with Gasteiger partial charge in [0.05, 0.1) is 4.90 Å². The summed E-state index contributed by atoms with van der Waals surface area (Å²) in [6, 6.07) is 3.10. The highest BCUT2D eigenvalue weighted by Gasteiger charge is 2.18. The number of nitrogens with one attached hydrogen (secondary N) is 1. The average Bonchev–Trinajstić information content (AvgIpc) is 2.79. The molecule has 0 spiro atoms. The van der Waals surface area contributed by atoms with Crippen LogP contribution in [0.15, 0.2) is 26.0 Å². The van der Waals surface area contributed by atoms with Crippen molar-refractivity contribution in [1.29, 1.82) is 0 Å². The Labute approximate surface area is 131 Å². The Morgan fingerprint density at radius 3 is 2.71 bits per heavy atom. The second kappa shape index (κ2) is 6.12. The van der Waals surface area contributed by atoms with Gasteiger partial charge in [-0.3, -0.25) is 0 Å². The Balaban J connectivity index is 2.10. The molecular weight excluding hydrogens is 360 g/mol. The van der Waals surface area contributed by atoms with Crippen LogP contribution in [0.4, 0.5) is 5.69 Å². The number of nitrogen functional groups attached to an aromatic ring is 1. The first kappa shape index (κ1) is 15.9. The van der Waals surface area contributed by atoms with Gasteiger partial charge in [-0.25, -0.2) is 13.1 Å². The molecule has 0 aliphatic carbocycles. The highest BCUT2D eigenvalue weighted by Crippen LogP contribution is 2.26. The average molecular weight is 375 g/mol. The van der Waals surface area contributed by atoms with Gasteiger partial charge in [-0.2, -0.15) is 4.98 Å². The van der Waals surface area contributed by atoms with E-state index in [0.717, 1.165) is 0 Å². The zero-order valence-corrected chi connectivity index (χ0v) is 14.0. The fourth-order valence-corrected chi connectivity index (χ4v) is 3.52. The second-order valence-corrected chi connectivity index (χ2v) is 7.11. The van der Waals surface area contributed by atoms with Gasteiger partial charge in [-0.15, -0.1) is 0 Å². The molecule has 2 aromatic rings. The standard InChI is InChI=1S/C12H15BrN4O3S/c1-7-5-9(13)10(14)6-11(7)21(18,19)15-4-3-12-16-8(2)17-20-12/h5-6,15H,3-4,14H2,1-2H3. The maximum atomic E-state index is 12.3. The van der Waals surface area contributed by atoms with Crippen LogP contribution in [0, 0.1) is 13.8 Å². The van der Waals surface area contributed by atoms with Gasteiger partial charge in [-0.1, -0.05) is 5.16 Å². The largest absolute Gasteiger partial charge is 0.398 e. The summed E-state index contributed by atoms with van der Waals surface area (Å²) < 4.78 is 32.6. The van der Waals surface area contributed by atoms with Crippen LogP contribution in [-0.4, -0.2) is 25.1 Å². The summed E-state index contributed by atoms with van der Waals surface area (Å²) >= 11 is 3.26. The smallest absolute Gasteiger partial charge is 0.240 e. The van der Waals surface area contributed by atoms with Gasteiger partial charge in [0.2, 0.25) is 15.9 Å². The van der Waals surface area contributed by atoms with E-state index in [2.05, 4.69) is 30.8 Å². The van der Waals surface area contributed by atoms with Crippen LogP contribution >= 0.6 is 15.9 Å². The number of benzene rings is 1. The van der Waals surface area contributed by atoms with Gasteiger partial charge >= 0.3 is 0 Å². The lowest BCUT2D eigenvalue weighted by Gasteiger charge is -2.10. The van der Waals surface area contributed by atoms with E-state index in [0.29, 0.717) is 33.9 Å². The van der Waals surface area contributed by atoms with E-state index in [9.17, 15) is 8.42 Å².